The topological polar surface area (TPSA) is 147 Å². The molecular weight excluding hydrogens is 622 g/mol. The fraction of sp³-hybridized carbons (Fsp3) is 0.559. The normalized spacial score (nSPS) is 21.9. The van der Waals surface area contributed by atoms with Gasteiger partial charge in [-0.25, -0.2) is 9.97 Å². The quantitative estimate of drug-likeness (QED) is 0.256. The van der Waals surface area contributed by atoms with Gasteiger partial charge in [0.15, 0.2) is 5.82 Å². The average molecular weight is 670 g/mol. The lowest BCUT2D eigenvalue weighted by molar-refractivity contribution is -0.145. The maximum Gasteiger partial charge on any atom is 0.248 e. The van der Waals surface area contributed by atoms with Crippen LogP contribution in [-0.4, -0.2) is 131 Å². The molecule has 0 saturated carbocycles. The molecule has 0 spiro atoms. The number of amides is 2. The van der Waals surface area contributed by atoms with Crippen molar-refractivity contribution in [2.45, 2.75) is 62.5 Å². The highest BCUT2D eigenvalue weighted by molar-refractivity contribution is 8.00. The van der Waals surface area contributed by atoms with Crippen molar-refractivity contribution in [2.75, 3.05) is 59.4 Å². The Bertz CT molecular complexity index is 1430. The summed E-state index contributed by atoms with van der Waals surface area (Å²) in [5, 5.41) is 23.0. The SMILES string of the molecule is COCC(=O)N1C[C@H](CC(C)C)N(C(=O)CSc2nc(-c3cccnc3)nc3ccccc23)CCCCOC[C@@H](O)[C@@H](O)[C@H](OC)C1. The van der Waals surface area contributed by atoms with Gasteiger partial charge in [-0.15, -0.1) is 0 Å². The number of rotatable bonds is 9. The Labute approximate surface area is 280 Å². The Morgan fingerprint density at radius 2 is 1.87 bits per heavy atom. The first-order valence-corrected chi connectivity index (χ1v) is 17.0. The van der Waals surface area contributed by atoms with Crippen LogP contribution < -0.4 is 0 Å². The van der Waals surface area contributed by atoms with E-state index < -0.39 is 18.3 Å². The highest BCUT2D eigenvalue weighted by atomic mass is 32.2. The molecule has 4 atom stereocenters. The number of ether oxygens (including phenoxy) is 3. The third-order valence-electron chi connectivity index (χ3n) is 8.08. The summed E-state index contributed by atoms with van der Waals surface area (Å²) in [5.41, 5.74) is 1.56. The maximum atomic E-state index is 14.2. The lowest BCUT2D eigenvalue weighted by Crippen LogP contribution is -2.54. The number of fused-ring (bicyclic) bond motifs is 1. The Morgan fingerprint density at radius 1 is 1.06 bits per heavy atom. The number of thioether (sulfide) groups is 1. The molecule has 0 bridgehead atoms. The molecule has 1 saturated heterocycles. The van der Waals surface area contributed by atoms with E-state index in [1.807, 2.05) is 41.3 Å². The fourth-order valence-electron chi connectivity index (χ4n) is 5.67. The molecule has 3 aromatic rings. The molecule has 2 N–H and O–H groups in total. The van der Waals surface area contributed by atoms with Crippen molar-refractivity contribution in [1.29, 1.82) is 0 Å². The van der Waals surface area contributed by atoms with Gasteiger partial charge in [-0.05, 0) is 43.4 Å². The number of hydrogen-bond donors (Lipinski definition) is 2. The van der Waals surface area contributed by atoms with E-state index in [-0.39, 0.29) is 55.8 Å². The van der Waals surface area contributed by atoms with E-state index in [4.69, 9.17) is 24.2 Å². The van der Waals surface area contributed by atoms with Gasteiger partial charge in [0.25, 0.3) is 0 Å². The van der Waals surface area contributed by atoms with Crippen molar-refractivity contribution in [3.8, 4) is 11.4 Å². The molecule has 12 nitrogen and oxygen atoms in total. The number of nitrogens with zero attached hydrogens (tertiary/aromatic N) is 5. The van der Waals surface area contributed by atoms with Gasteiger partial charge in [0.2, 0.25) is 11.8 Å². The lowest BCUT2D eigenvalue weighted by Gasteiger charge is -2.38. The Kier molecular flexibility index (Phi) is 14.3. The van der Waals surface area contributed by atoms with E-state index in [0.717, 1.165) is 16.5 Å². The minimum Gasteiger partial charge on any atom is -0.388 e. The molecule has 1 aliphatic heterocycles. The number of aliphatic hydroxyl groups excluding tert-OH is 2. The minimum atomic E-state index is -1.28. The van der Waals surface area contributed by atoms with E-state index in [1.54, 1.807) is 17.3 Å². The van der Waals surface area contributed by atoms with Crippen molar-refractivity contribution in [3.05, 3.63) is 48.8 Å². The largest absolute Gasteiger partial charge is 0.388 e. The number of aromatic nitrogens is 3. The summed E-state index contributed by atoms with van der Waals surface area (Å²) in [4.78, 5) is 44.8. The Morgan fingerprint density at radius 3 is 2.60 bits per heavy atom. The zero-order chi connectivity index (χ0) is 33.8. The van der Waals surface area contributed by atoms with Crippen LogP contribution in [0.2, 0.25) is 0 Å². The molecule has 47 heavy (non-hydrogen) atoms. The zero-order valence-corrected chi connectivity index (χ0v) is 28.5. The maximum absolute atomic E-state index is 14.2. The van der Waals surface area contributed by atoms with Gasteiger partial charge in [0.1, 0.15) is 29.9 Å². The number of hydrogen-bond acceptors (Lipinski definition) is 11. The van der Waals surface area contributed by atoms with Gasteiger partial charge in [0.05, 0.1) is 17.9 Å². The number of carbonyl (C=O) groups excluding carboxylic acids is 2. The van der Waals surface area contributed by atoms with Gasteiger partial charge < -0.3 is 34.2 Å². The van der Waals surface area contributed by atoms with Crippen molar-refractivity contribution in [2.24, 2.45) is 5.92 Å². The van der Waals surface area contributed by atoms with E-state index in [0.29, 0.717) is 43.3 Å². The molecule has 0 aliphatic carbocycles. The monoisotopic (exact) mass is 669 g/mol. The number of pyridine rings is 1. The van der Waals surface area contributed by atoms with Gasteiger partial charge in [-0.3, -0.25) is 14.6 Å². The molecule has 256 valence electrons. The third kappa shape index (κ3) is 10.4. The van der Waals surface area contributed by atoms with E-state index >= 15 is 0 Å². The van der Waals surface area contributed by atoms with E-state index in [9.17, 15) is 19.8 Å². The molecule has 0 radical (unpaired) electrons. The van der Waals surface area contributed by atoms with Gasteiger partial charge in [-0.2, -0.15) is 0 Å². The number of carbonyl (C=O) groups is 2. The molecular formula is C34H47N5O7S. The van der Waals surface area contributed by atoms with Crippen LogP contribution in [0.1, 0.15) is 33.1 Å². The molecule has 2 aromatic heterocycles. The second-order valence-electron chi connectivity index (χ2n) is 12.1. The number of aliphatic hydroxyl groups is 2. The van der Waals surface area contributed by atoms with Crippen molar-refractivity contribution in [3.63, 3.8) is 0 Å². The molecule has 13 heteroatoms. The predicted molar refractivity (Wildman–Crippen MR) is 180 cm³/mol. The highest BCUT2D eigenvalue weighted by Crippen LogP contribution is 2.29. The van der Waals surface area contributed by atoms with Crippen LogP contribution >= 0.6 is 11.8 Å². The summed E-state index contributed by atoms with van der Waals surface area (Å²) < 4.78 is 16.4. The third-order valence-corrected chi connectivity index (χ3v) is 9.06. The number of benzene rings is 1. The summed E-state index contributed by atoms with van der Waals surface area (Å²) in [6.45, 7) is 4.99. The van der Waals surface area contributed by atoms with E-state index in [1.165, 1.54) is 26.0 Å². The zero-order valence-electron chi connectivity index (χ0n) is 27.7. The second kappa shape index (κ2) is 18.4. The van der Waals surface area contributed by atoms with Gasteiger partial charge in [0, 0.05) is 69.8 Å². The standard InChI is InChI=1S/C34H47N5O7S/c1-23(2)16-25-18-38(30(41)21-44-3)19-29(45-4)32(43)28(40)20-46-15-8-7-14-39(25)31(42)22-47-34-26-11-5-6-12-27(26)36-33(37-34)24-10-9-13-35-17-24/h5-6,9-13,17,23,25,28-29,32,40,43H,7-8,14-16,18-22H2,1-4H3/t25-,28+,29+,32+/m0/s1. The molecule has 3 heterocycles. The molecule has 1 fully saturated rings. The van der Waals surface area contributed by atoms with Crippen LogP contribution in [0.4, 0.5) is 0 Å². The molecule has 2 amide bonds. The average Bonchev–Trinajstić information content (AvgIpc) is 3.07. The van der Waals surface area contributed by atoms with Crippen molar-refractivity contribution >= 4 is 34.5 Å². The summed E-state index contributed by atoms with van der Waals surface area (Å²) in [6, 6.07) is 11.2. The summed E-state index contributed by atoms with van der Waals surface area (Å²) in [6.07, 6.45) is 2.04. The van der Waals surface area contributed by atoms with Gasteiger partial charge in [-0.1, -0.05) is 43.8 Å². The predicted octanol–water partition coefficient (Wildman–Crippen LogP) is 3.05. The Hall–Kier alpha value is -3.20. The van der Waals surface area contributed by atoms with Crippen molar-refractivity contribution < 1.29 is 34.0 Å². The van der Waals surface area contributed by atoms with Crippen LogP contribution in [0.3, 0.4) is 0 Å². The number of para-hydroxylation sites is 1. The molecule has 1 aromatic carbocycles. The second-order valence-corrected chi connectivity index (χ2v) is 13.1. The summed E-state index contributed by atoms with van der Waals surface area (Å²) in [7, 11) is 2.87. The number of methoxy groups -OCH3 is 2. The lowest BCUT2D eigenvalue weighted by atomic mass is 10.00. The summed E-state index contributed by atoms with van der Waals surface area (Å²) in [5.74, 6) is 0.525. The van der Waals surface area contributed by atoms with Gasteiger partial charge >= 0.3 is 0 Å². The first-order chi connectivity index (χ1) is 22.7. The van der Waals surface area contributed by atoms with Crippen LogP contribution in [0.25, 0.3) is 22.3 Å². The summed E-state index contributed by atoms with van der Waals surface area (Å²) >= 11 is 1.37. The minimum absolute atomic E-state index is 0.00629. The van der Waals surface area contributed by atoms with Crippen LogP contribution in [0, 0.1) is 5.92 Å². The molecule has 0 unspecified atom stereocenters. The Balaban J connectivity index is 1.64. The first kappa shape index (κ1) is 36.6. The smallest absolute Gasteiger partial charge is 0.248 e. The fourth-order valence-corrected chi connectivity index (χ4v) is 6.58. The van der Waals surface area contributed by atoms with Crippen LogP contribution in [-0.2, 0) is 23.8 Å². The van der Waals surface area contributed by atoms with Crippen molar-refractivity contribution in [1.82, 2.24) is 24.8 Å². The molecule has 4 rings (SSSR count). The molecule has 1 aliphatic rings. The van der Waals surface area contributed by atoms with E-state index in [2.05, 4.69) is 18.8 Å². The van der Waals surface area contributed by atoms with Crippen LogP contribution in [0.15, 0.2) is 53.8 Å². The highest BCUT2D eigenvalue weighted by Gasteiger charge is 2.33. The first-order valence-electron chi connectivity index (χ1n) is 16.0. The van der Waals surface area contributed by atoms with Crippen LogP contribution in [0.5, 0.6) is 0 Å².